The number of aromatic amines is 1. The third-order valence-corrected chi connectivity index (χ3v) is 4.58. The molecule has 9 heteroatoms. The van der Waals surface area contributed by atoms with E-state index in [1.807, 2.05) is 0 Å². The third-order valence-electron chi connectivity index (χ3n) is 3.21. The van der Waals surface area contributed by atoms with Crippen LogP contribution in [0.25, 0.3) is 5.82 Å². The number of rotatable bonds is 4. The number of phenols is 1. The number of hydrogen-bond acceptors (Lipinski definition) is 5. The number of aromatic nitrogens is 3. The molecule has 0 fully saturated rings. The van der Waals surface area contributed by atoms with Crippen LogP contribution in [0.1, 0.15) is 5.69 Å². The summed E-state index contributed by atoms with van der Waals surface area (Å²) in [6.07, 6.45) is 1.30. The lowest BCUT2D eigenvalue weighted by atomic mass is 10.3. The first-order chi connectivity index (χ1) is 11.3. The predicted molar refractivity (Wildman–Crippen MR) is 87.8 cm³/mol. The molecule has 0 bridgehead atoms. The summed E-state index contributed by atoms with van der Waals surface area (Å²) in [5, 5.41) is 12.2. The first kappa shape index (κ1) is 15.8. The van der Waals surface area contributed by atoms with Gasteiger partial charge in [0.1, 0.15) is 5.75 Å². The highest BCUT2D eigenvalue weighted by Crippen LogP contribution is 2.19. The van der Waals surface area contributed by atoms with Crippen molar-refractivity contribution in [1.29, 1.82) is 0 Å². The van der Waals surface area contributed by atoms with E-state index in [0.29, 0.717) is 11.5 Å². The number of pyridine rings is 1. The number of benzene rings is 1. The van der Waals surface area contributed by atoms with Crippen LogP contribution in [-0.4, -0.2) is 28.3 Å². The van der Waals surface area contributed by atoms with Gasteiger partial charge in [0.25, 0.3) is 15.6 Å². The van der Waals surface area contributed by atoms with Gasteiger partial charge in [-0.15, -0.1) is 0 Å². The fourth-order valence-corrected chi connectivity index (χ4v) is 3.21. The molecule has 0 radical (unpaired) electrons. The molecular weight excluding hydrogens is 332 g/mol. The van der Waals surface area contributed by atoms with Crippen LogP contribution >= 0.6 is 0 Å². The molecule has 2 aromatic heterocycles. The molecule has 8 nitrogen and oxygen atoms in total. The Labute approximate surface area is 137 Å². The number of nitrogens with zero attached hydrogens (tertiary/aromatic N) is 2. The van der Waals surface area contributed by atoms with Gasteiger partial charge in [-0.25, -0.2) is 18.1 Å². The topological polar surface area (TPSA) is 117 Å². The third kappa shape index (κ3) is 3.15. The summed E-state index contributed by atoms with van der Waals surface area (Å²) in [6.45, 7) is 1.75. The summed E-state index contributed by atoms with van der Waals surface area (Å²) in [7, 11) is -3.84. The van der Waals surface area contributed by atoms with Crippen molar-refractivity contribution in [2.24, 2.45) is 0 Å². The molecule has 1 aromatic carbocycles. The zero-order chi connectivity index (χ0) is 17.3. The van der Waals surface area contributed by atoms with Gasteiger partial charge in [-0.3, -0.25) is 14.6 Å². The van der Waals surface area contributed by atoms with Crippen molar-refractivity contribution in [3.05, 3.63) is 64.7 Å². The molecule has 3 N–H and O–H groups in total. The fourth-order valence-electron chi connectivity index (χ4n) is 2.13. The second kappa shape index (κ2) is 5.85. The molecule has 124 valence electrons. The molecule has 0 aliphatic rings. The van der Waals surface area contributed by atoms with E-state index < -0.39 is 10.0 Å². The highest BCUT2D eigenvalue weighted by molar-refractivity contribution is 7.92. The molecule has 24 heavy (non-hydrogen) atoms. The van der Waals surface area contributed by atoms with Crippen LogP contribution < -0.4 is 10.3 Å². The summed E-state index contributed by atoms with van der Waals surface area (Å²) < 4.78 is 28.1. The summed E-state index contributed by atoms with van der Waals surface area (Å²) in [5.41, 5.74) is 0.668. The largest absolute Gasteiger partial charge is 0.508 e. The van der Waals surface area contributed by atoms with Gasteiger partial charge in [-0.1, -0.05) is 6.07 Å². The summed E-state index contributed by atoms with van der Waals surface area (Å²) in [4.78, 5) is 15.7. The average Bonchev–Trinajstić information content (AvgIpc) is 2.86. The van der Waals surface area contributed by atoms with E-state index >= 15 is 0 Å². The highest BCUT2D eigenvalue weighted by atomic mass is 32.2. The number of sulfonamides is 1. The molecule has 0 aliphatic heterocycles. The van der Waals surface area contributed by atoms with Crippen molar-refractivity contribution in [2.45, 2.75) is 11.8 Å². The summed E-state index contributed by atoms with van der Waals surface area (Å²) in [6, 6.07) is 9.76. The number of anilines is 1. The minimum atomic E-state index is -3.84. The van der Waals surface area contributed by atoms with Crippen LogP contribution in [0, 0.1) is 6.92 Å². The minimum absolute atomic E-state index is 0.0669. The Hall–Kier alpha value is -3.07. The summed E-state index contributed by atoms with van der Waals surface area (Å²) >= 11 is 0. The Morgan fingerprint density at radius 1 is 1.21 bits per heavy atom. The Balaban J connectivity index is 1.86. The van der Waals surface area contributed by atoms with E-state index in [1.165, 1.54) is 47.3 Å². The molecule has 3 aromatic rings. The maximum absolute atomic E-state index is 12.3. The highest BCUT2D eigenvalue weighted by Gasteiger charge is 2.15. The number of hydrogen-bond donors (Lipinski definition) is 3. The monoisotopic (exact) mass is 346 g/mol. The molecule has 2 heterocycles. The molecule has 0 saturated carbocycles. The summed E-state index contributed by atoms with van der Waals surface area (Å²) in [5.74, 6) is 0.196. The normalized spacial score (nSPS) is 11.4. The molecule has 0 atom stereocenters. The molecule has 0 aliphatic carbocycles. The smallest absolute Gasteiger partial charge is 0.272 e. The van der Waals surface area contributed by atoms with Crippen molar-refractivity contribution in [1.82, 2.24) is 14.8 Å². The quantitative estimate of drug-likeness (QED) is 0.660. The first-order valence-electron chi connectivity index (χ1n) is 6.92. The predicted octanol–water partition coefficient (Wildman–Crippen LogP) is 1.38. The molecular formula is C15H14N4O4S. The average molecular weight is 346 g/mol. The van der Waals surface area contributed by atoms with Gasteiger partial charge >= 0.3 is 0 Å². The van der Waals surface area contributed by atoms with E-state index in [9.17, 15) is 18.3 Å². The Kier molecular flexibility index (Phi) is 3.86. The second-order valence-corrected chi connectivity index (χ2v) is 6.80. The number of aromatic hydroxyl groups is 1. The molecule has 0 amide bonds. The maximum Gasteiger partial charge on any atom is 0.272 e. The van der Waals surface area contributed by atoms with Gasteiger partial charge in [-0.05, 0) is 31.2 Å². The van der Waals surface area contributed by atoms with Crippen LogP contribution in [0.4, 0.5) is 5.69 Å². The minimum Gasteiger partial charge on any atom is -0.508 e. The number of nitrogens with one attached hydrogen (secondary N) is 2. The van der Waals surface area contributed by atoms with Crippen LogP contribution in [0.3, 0.4) is 0 Å². The standard InChI is InChI=1S/C15H14N4O4S/c1-10-7-15(21)19(17-10)14-6-5-11(9-16-14)18-24(22,23)13-4-2-3-12(20)8-13/h2-9,17-18,20H,1H3. The van der Waals surface area contributed by atoms with Crippen LogP contribution in [0.5, 0.6) is 5.75 Å². The number of phenolic OH excluding ortho intramolecular Hbond substituents is 1. The lowest BCUT2D eigenvalue weighted by molar-refractivity contribution is 0.473. The van der Waals surface area contributed by atoms with E-state index in [-0.39, 0.29) is 21.9 Å². The second-order valence-electron chi connectivity index (χ2n) is 5.12. The Bertz CT molecular complexity index is 1040. The van der Waals surface area contributed by atoms with Crippen LogP contribution in [-0.2, 0) is 10.0 Å². The molecule has 0 spiro atoms. The number of H-pyrrole nitrogens is 1. The van der Waals surface area contributed by atoms with Crippen molar-refractivity contribution in [3.8, 4) is 11.6 Å². The first-order valence-corrected chi connectivity index (χ1v) is 8.40. The molecule has 0 saturated heterocycles. The molecule has 3 rings (SSSR count). The maximum atomic E-state index is 12.3. The van der Waals surface area contributed by atoms with Gasteiger partial charge in [0.05, 0.1) is 16.8 Å². The van der Waals surface area contributed by atoms with Gasteiger partial charge in [-0.2, -0.15) is 0 Å². The molecule has 0 unspecified atom stereocenters. The van der Waals surface area contributed by atoms with Gasteiger partial charge in [0.2, 0.25) is 0 Å². The lowest BCUT2D eigenvalue weighted by Gasteiger charge is -2.08. The van der Waals surface area contributed by atoms with Gasteiger partial charge in [0, 0.05) is 17.8 Å². The van der Waals surface area contributed by atoms with E-state index in [2.05, 4.69) is 14.8 Å². The zero-order valence-electron chi connectivity index (χ0n) is 12.6. The van der Waals surface area contributed by atoms with Crippen molar-refractivity contribution in [2.75, 3.05) is 4.72 Å². The van der Waals surface area contributed by atoms with Crippen molar-refractivity contribution in [3.63, 3.8) is 0 Å². The van der Waals surface area contributed by atoms with Crippen molar-refractivity contribution < 1.29 is 13.5 Å². The lowest BCUT2D eigenvalue weighted by Crippen LogP contribution is -2.16. The Morgan fingerprint density at radius 2 is 2.00 bits per heavy atom. The Morgan fingerprint density at radius 3 is 2.58 bits per heavy atom. The van der Waals surface area contributed by atoms with Crippen LogP contribution in [0.15, 0.2) is 58.4 Å². The zero-order valence-corrected chi connectivity index (χ0v) is 13.4. The van der Waals surface area contributed by atoms with Crippen LogP contribution in [0.2, 0.25) is 0 Å². The van der Waals surface area contributed by atoms with E-state index in [1.54, 1.807) is 6.92 Å². The number of aryl methyl sites for hydroxylation is 1. The van der Waals surface area contributed by atoms with Crippen molar-refractivity contribution >= 4 is 15.7 Å². The van der Waals surface area contributed by atoms with E-state index in [4.69, 9.17) is 0 Å². The SMILES string of the molecule is Cc1cc(=O)n(-c2ccc(NS(=O)(=O)c3cccc(O)c3)cn2)[nH]1. The van der Waals surface area contributed by atoms with E-state index in [0.717, 1.165) is 6.07 Å². The fraction of sp³-hybridized carbons (Fsp3) is 0.0667. The van der Waals surface area contributed by atoms with Gasteiger partial charge < -0.3 is 5.11 Å². The van der Waals surface area contributed by atoms with Gasteiger partial charge in [0.15, 0.2) is 5.82 Å².